The monoisotopic (exact) mass is 260 g/mol. The fourth-order valence-electron chi connectivity index (χ4n) is 1.63. The van der Waals surface area contributed by atoms with Gasteiger partial charge in [0.25, 0.3) is 0 Å². The molecule has 18 heavy (non-hydrogen) atoms. The number of hydrogen-bond acceptors (Lipinski definition) is 2. The highest BCUT2D eigenvalue weighted by molar-refractivity contribution is 4.75. The molecule has 0 heterocycles. The highest BCUT2D eigenvalue weighted by Gasteiger charge is 2.25. The predicted molar refractivity (Wildman–Crippen MR) is 80.6 cm³/mol. The van der Waals surface area contributed by atoms with Crippen molar-refractivity contribution < 1.29 is 10.2 Å². The first-order valence-electron chi connectivity index (χ1n) is 7.16. The molecule has 0 fully saturated rings. The molecule has 2 heteroatoms. The van der Waals surface area contributed by atoms with Gasteiger partial charge < -0.3 is 10.2 Å². The van der Waals surface area contributed by atoms with Gasteiger partial charge in [-0.2, -0.15) is 0 Å². The van der Waals surface area contributed by atoms with E-state index in [0.29, 0.717) is 23.7 Å². The molecule has 2 N–H and O–H groups in total. The van der Waals surface area contributed by atoms with Crippen molar-refractivity contribution in [2.75, 3.05) is 0 Å². The van der Waals surface area contributed by atoms with Crippen molar-refractivity contribution in [1.29, 1.82) is 0 Å². The summed E-state index contributed by atoms with van der Waals surface area (Å²) in [4.78, 5) is 0. The van der Waals surface area contributed by atoms with Crippen molar-refractivity contribution in [3.8, 4) is 0 Å². The summed E-state index contributed by atoms with van der Waals surface area (Å²) in [6.45, 7) is 20.1. The minimum atomic E-state index is -0.520. The van der Waals surface area contributed by atoms with Gasteiger partial charge in [0.1, 0.15) is 0 Å². The standard InChI is InChI=1S/2C8H18O/c2*1-6(2)7(3)8(4,5)9/h2*6-7,9H,1-5H3/t2*7-/m10/s1. The number of rotatable bonds is 4. The van der Waals surface area contributed by atoms with Crippen LogP contribution in [-0.4, -0.2) is 21.4 Å². The highest BCUT2D eigenvalue weighted by Crippen LogP contribution is 2.23. The summed E-state index contributed by atoms with van der Waals surface area (Å²) >= 11 is 0. The minimum Gasteiger partial charge on any atom is -0.390 e. The van der Waals surface area contributed by atoms with Gasteiger partial charge in [0.2, 0.25) is 0 Å². The average molecular weight is 260 g/mol. The lowest BCUT2D eigenvalue weighted by molar-refractivity contribution is 0.00488. The zero-order chi connectivity index (χ0) is 15.3. The maximum Gasteiger partial charge on any atom is 0.0619 e. The van der Waals surface area contributed by atoms with E-state index < -0.39 is 11.2 Å². The molecule has 0 rings (SSSR count). The van der Waals surface area contributed by atoms with Crippen LogP contribution in [0.15, 0.2) is 0 Å². The molecule has 112 valence electrons. The third-order valence-electron chi connectivity index (χ3n) is 4.23. The minimum absolute atomic E-state index is 0.373. The second-order valence-corrected chi connectivity index (χ2v) is 7.37. The topological polar surface area (TPSA) is 40.5 Å². The van der Waals surface area contributed by atoms with Crippen LogP contribution in [0.5, 0.6) is 0 Å². The second-order valence-electron chi connectivity index (χ2n) is 7.37. The summed E-state index contributed by atoms with van der Waals surface area (Å²) in [6.07, 6.45) is 0. The summed E-state index contributed by atoms with van der Waals surface area (Å²) in [5.41, 5.74) is -1.04. The van der Waals surface area contributed by atoms with Crippen LogP contribution in [0.3, 0.4) is 0 Å². The van der Waals surface area contributed by atoms with Crippen molar-refractivity contribution in [1.82, 2.24) is 0 Å². The van der Waals surface area contributed by atoms with E-state index in [9.17, 15) is 10.2 Å². The zero-order valence-electron chi connectivity index (χ0n) is 14.2. The summed E-state index contributed by atoms with van der Waals surface area (Å²) in [6, 6.07) is 0. The lowest BCUT2D eigenvalue weighted by atomic mass is 9.84. The molecule has 2 atom stereocenters. The van der Waals surface area contributed by atoms with E-state index >= 15 is 0 Å². The van der Waals surface area contributed by atoms with Crippen LogP contribution in [0, 0.1) is 23.7 Å². The first-order chi connectivity index (χ1) is 7.71. The van der Waals surface area contributed by atoms with Crippen LogP contribution in [-0.2, 0) is 0 Å². The van der Waals surface area contributed by atoms with Gasteiger partial charge in [-0.25, -0.2) is 0 Å². The third-order valence-corrected chi connectivity index (χ3v) is 4.23. The summed E-state index contributed by atoms with van der Waals surface area (Å²) in [7, 11) is 0. The second kappa shape index (κ2) is 7.49. The smallest absolute Gasteiger partial charge is 0.0619 e. The van der Waals surface area contributed by atoms with E-state index in [0.717, 1.165) is 0 Å². The van der Waals surface area contributed by atoms with Crippen LogP contribution in [0.2, 0.25) is 0 Å². The van der Waals surface area contributed by atoms with E-state index in [1.54, 1.807) is 0 Å². The quantitative estimate of drug-likeness (QED) is 0.799. The first-order valence-corrected chi connectivity index (χ1v) is 7.16. The van der Waals surface area contributed by atoms with Crippen LogP contribution in [0.25, 0.3) is 0 Å². The van der Waals surface area contributed by atoms with E-state index in [1.807, 2.05) is 27.7 Å². The molecular formula is C16H36O2. The molecule has 0 aliphatic rings. The molecule has 0 bridgehead atoms. The molecule has 0 amide bonds. The van der Waals surface area contributed by atoms with E-state index in [2.05, 4.69) is 41.5 Å². The maximum atomic E-state index is 9.46. The first kappa shape index (κ1) is 20.2. The lowest BCUT2D eigenvalue weighted by Gasteiger charge is -2.28. The molecule has 0 saturated heterocycles. The molecule has 0 radical (unpaired) electrons. The fourth-order valence-corrected chi connectivity index (χ4v) is 1.63. The van der Waals surface area contributed by atoms with E-state index in [1.165, 1.54) is 0 Å². The Labute approximate surface area is 115 Å². The van der Waals surface area contributed by atoms with Gasteiger partial charge in [-0.1, -0.05) is 41.5 Å². The SMILES string of the molecule is CC(C)[C@@H](C)C(C)(C)O.CC(C)[C@H](C)C(C)(C)O. The third kappa shape index (κ3) is 8.93. The summed E-state index contributed by atoms with van der Waals surface area (Å²) < 4.78 is 0. The van der Waals surface area contributed by atoms with Crippen molar-refractivity contribution >= 4 is 0 Å². The zero-order valence-corrected chi connectivity index (χ0v) is 14.2. The van der Waals surface area contributed by atoms with Gasteiger partial charge in [0.15, 0.2) is 0 Å². The molecular weight excluding hydrogens is 224 g/mol. The van der Waals surface area contributed by atoms with E-state index in [4.69, 9.17) is 0 Å². The molecule has 0 saturated carbocycles. The summed E-state index contributed by atoms with van der Waals surface area (Å²) in [5, 5.41) is 18.9. The van der Waals surface area contributed by atoms with Gasteiger partial charge in [0, 0.05) is 0 Å². The normalized spacial score (nSPS) is 16.3. The van der Waals surface area contributed by atoms with Crippen LogP contribution in [0.1, 0.15) is 69.2 Å². The Kier molecular flexibility index (Phi) is 8.43. The van der Waals surface area contributed by atoms with Crippen molar-refractivity contribution in [2.45, 2.75) is 80.4 Å². The van der Waals surface area contributed by atoms with Gasteiger partial charge in [-0.15, -0.1) is 0 Å². The van der Waals surface area contributed by atoms with E-state index in [-0.39, 0.29) is 0 Å². The molecule has 0 aromatic heterocycles. The molecule has 0 aromatic rings. The van der Waals surface area contributed by atoms with Crippen LogP contribution < -0.4 is 0 Å². The van der Waals surface area contributed by atoms with Crippen molar-refractivity contribution in [2.24, 2.45) is 23.7 Å². The largest absolute Gasteiger partial charge is 0.390 e. The molecule has 0 aliphatic heterocycles. The Bertz CT molecular complexity index is 182. The Hall–Kier alpha value is -0.0800. The Morgan fingerprint density at radius 3 is 0.722 bits per heavy atom. The van der Waals surface area contributed by atoms with Gasteiger partial charge >= 0.3 is 0 Å². The molecule has 0 aliphatic carbocycles. The Morgan fingerprint density at radius 2 is 0.722 bits per heavy atom. The maximum absolute atomic E-state index is 9.46. The van der Waals surface area contributed by atoms with Crippen molar-refractivity contribution in [3.05, 3.63) is 0 Å². The lowest BCUT2D eigenvalue weighted by Crippen LogP contribution is -2.31. The number of aliphatic hydroxyl groups is 2. The van der Waals surface area contributed by atoms with Crippen LogP contribution in [0.4, 0.5) is 0 Å². The van der Waals surface area contributed by atoms with Gasteiger partial charge in [-0.3, -0.25) is 0 Å². The highest BCUT2D eigenvalue weighted by atomic mass is 16.3. The fraction of sp³-hybridized carbons (Fsp3) is 1.00. The summed E-state index contributed by atoms with van der Waals surface area (Å²) in [5.74, 6) is 1.87. The molecule has 0 unspecified atom stereocenters. The Morgan fingerprint density at radius 1 is 0.556 bits per heavy atom. The van der Waals surface area contributed by atoms with Gasteiger partial charge in [0.05, 0.1) is 11.2 Å². The van der Waals surface area contributed by atoms with Crippen molar-refractivity contribution in [3.63, 3.8) is 0 Å². The van der Waals surface area contributed by atoms with Gasteiger partial charge in [-0.05, 0) is 51.4 Å². The van der Waals surface area contributed by atoms with Crippen LogP contribution >= 0.6 is 0 Å². The molecule has 2 nitrogen and oxygen atoms in total. The Balaban J connectivity index is 0. The average Bonchev–Trinajstić information content (AvgIpc) is 2.13. The molecule has 0 spiro atoms. The number of hydrogen-bond donors (Lipinski definition) is 2. The predicted octanol–water partition coefficient (Wildman–Crippen LogP) is 4.10. The molecule has 0 aromatic carbocycles.